The molecule has 1 aliphatic carbocycles. The number of anilines is 2. The van der Waals surface area contributed by atoms with Gasteiger partial charge in [-0.25, -0.2) is 17.6 Å². The maximum absolute atomic E-state index is 15.0. The summed E-state index contributed by atoms with van der Waals surface area (Å²) in [5.74, 6) is 0.244. The maximum Gasteiger partial charge on any atom is 0.404 e. The van der Waals surface area contributed by atoms with Crippen molar-refractivity contribution in [1.29, 1.82) is 0 Å². The minimum atomic E-state index is -3.78. The first kappa shape index (κ1) is 38.0. The molecular formula is C42H52FN5O5S. The standard InChI is InChI=1S/C42H52FN5O5S/c1-2-40(49)44-34-9-4-10-37(26-34)54(52,53)36-15-13-35(14-16-36)48-24-17-30(28-48)27-46-22-18-31(19-23-46)42(29-47-20-6-21-47,32-7-3-8-33(43)25-32)38-11-5-12-39(38)45-41(50)51/h2-4,7-10,13-16,25-26,30-31,38-39,45H,1,5-6,11-12,17-24,27-29H2,(H,44,49)(H,50,51)/t30-,38-,39-,42?/m0/s1. The summed E-state index contributed by atoms with van der Waals surface area (Å²) < 4.78 is 41.8. The van der Waals surface area contributed by atoms with Gasteiger partial charge in [-0.1, -0.05) is 31.2 Å². The number of amides is 2. The van der Waals surface area contributed by atoms with Crippen molar-refractivity contribution in [3.05, 3.63) is 96.8 Å². The second-order valence-corrected chi connectivity index (χ2v) is 17.6. The summed E-state index contributed by atoms with van der Waals surface area (Å²) in [6.45, 7) is 11.0. The summed E-state index contributed by atoms with van der Waals surface area (Å²) in [6, 6.07) is 20.3. The summed E-state index contributed by atoms with van der Waals surface area (Å²) >= 11 is 0. The predicted octanol–water partition coefficient (Wildman–Crippen LogP) is 6.40. The van der Waals surface area contributed by atoms with Crippen molar-refractivity contribution in [2.75, 3.05) is 62.6 Å². The Morgan fingerprint density at radius 3 is 2.31 bits per heavy atom. The number of nitrogens with one attached hydrogen (secondary N) is 2. The number of nitrogens with zero attached hydrogens (tertiary/aromatic N) is 3. The van der Waals surface area contributed by atoms with Crippen LogP contribution in [0.5, 0.6) is 0 Å². The second kappa shape index (κ2) is 16.2. The Morgan fingerprint density at radius 2 is 1.63 bits per heavy atom. The average Bonchev–Trinajstić information content (AvgIpc) is 3.82. The van der Waals surface area contributed by atoms with E-state index in [1.807, 2.05) is 18.2 Å². The lowest BCUT2D eigenvalue weighted by atomic mass is 9.57. The zero-order chi connectivity index (χ0) is 37.9. The van der Waals surface area contributed by atoms with Crippen LogP contribution in [0.1, 0.15) is 50.5 Å². The van der Waals surface area contributed by atoms with Crippen molar-refractivity contribution in [3.63, 3.8) is 0 Å². The van der Waals surface area contributed by atoms with Gasteiger partial charge in [-0.15, -0.1) is 0 Å². The Hall–Kier alpha value is -4.26. The number of hydrogen-bond donors (Lipinski definition) is 3. The highest BCUT2D eigenvalue weighted by Gasteiger charge is 2.53. The first-order valence-electron chi connectivity index (χ1n) is 19.4. The summed E-state index contributed by atoms with van der Waals surface area (Å²) in [5.41, 5.74) is 2.06. The van der Waals surface area contributed by atoms with E-state index >= 15 is 0 Å². The topological polar surface area (TPSA) is 122 Å². The van der Waals surface area contributed by atoms with E-state index in [2.05, 4.69) is 38.0 Å². The van der Waals surface area contributed by atoms with Gasteiger partial charge in [0.25, 0.3) is 0 Å². The summed E-state index contributed by atoms with van der Waals surface area (Å²) in [5, 5.41) is 15.3. The van der Waals surface area contributed by atoms with Gasteiger partial charge < -0.3 is 30.4 Å². The lowest BCUT2D eigenvalue weighted by Crippen LogP contribution is -2.59. The van der Waals surface area contributed by atoms with Crippen molar-refractivity contribution < 1.29 is 27.5 Å². The molecule has 12 heteroatoms. The zero-order valence-corrected chi connectivity index (χ0v) is 31.7. The molecule has 0 bridgehead atoms. The SMILES string of the molecule is C=CC(=O)Nc1cccc(S(=O)(=O)c2ccc(N3CC[C@@H](CN4CCC(C(CN5CCC5)(c5cccc(F)c5)[C@H]5CCC[C@@H]5NC(=O)O)CC4)C3)cc2)c1. The lowest BCUT2D eigenvalue weighted by molar-refractivity contribution is -0.111. The van der Waals surface area contributed by atoms with Crippen LogP contribution in [0.15, 0.2) is 95.2 Å². The van der Waals surface area contributed by atoms with E-state index in [4.69, 9.17) is 0 Å². The fraction of sp³-hybridized carbons (Fsp3) is 0.476. The Morgan fingerprint density at radius 1 is 0.870 bits per heavy atom. The zero-order valence-electron chi connectivity index (χ0n) is 30.8. The van der Waals surface area contributed by atoms with Gasteiger partial charge in [0.1, 0.15) is 5.82 Å². The molecule has 0 aromatic heterocycles. The minimum absolute atomic E-state index is 0.104. The van der Waals surface area contributed by atoms with Gasteiger partial charge in [0.2, 0.25) is 15.7 Å². The number of likely N-dealkylation sites (tertiary alicyclic amines) is 2. The molecule has 3 aliphatic heterocycles. The fourth-order valence-electron chi connectivity index (χ4n) is 9.80. The Balaban J connectivity index is 1.01. The molecule has 3 heterocycles. The van der Waals surface area contributed by atoms with E-state index in [1.54, 1.807) is 30.3 Å². The van der Waals surface area contributed by atoms with Crippen molar-refractivity contribution in [2.24, 2.45) is 17.8 Å². The quantitative estimate of drug-likeness (QED) is 0.171. The van der Waals surface area contributed by atoms with E-state index in [0.717, 1.165) is 115 Å². The highest BCUT2D eigenvalue weighted by atomic mass is 32.2. The maximum atomic E-state index is 15.0. The molecule has 288 valence electrons. The fourth-order valence-corrected chi connectivity index (χ4v) is 11.1. The van der Waals surface area contributed by atoms with Gasteiger partial charge in [0, 0.05) is 49.0 Å². The van der Waals surface area contributed by atoms with Crippen LogP contribution in [-0.2, 0) is 20.0 Å². The molecule has 7 rings (SSSR count). The third-order valence-electron chi connectivity index (χ3n) is 12.5. The van der Waals surface area contributed by atoms with Gasteiger partial charge in [0.05, 0.1) is 9.79 Å². The first-order valence-corrected chi connectivity index (χ1v) is 20.9. The van der Waals surface area contributed by atoms with E-state index in [9.17, 15) is 27.5 Å². The lowest BCUT2D eigenvalue weighted by Gasteiger charge is -2.53. The van der Waals surface area contributed by atoms with Crippen molar-refractivity contribution >= 4 is 33.2 Å². The number of halogens is 1. The highest BCUT2D eigenvalue weighted by molar-refractivity contribution is 7.91. The molecule has 10 nitrogen and oxygen atoms in total. The second-order valence-electron chi connectivity index (χ2n) is 15.7. The number of carbonyl (C=O) groups excluding carboxylic acids is 1. The molecule has 3 N–H and O–H groups in total. The van der Waals surface area contributed by atoms with Crippen molar-refractivity contribution in [1.82, 2.24) is 15.1 Å². The van der Waals surface area contributed by atoms with E-state index < -0.39 is 21.8 Å². The minimum Gasteiger partial charge on any atom is -0.465 e. The van der Waals surface area contributed by atoms with E-state index in [-0.39, 0.29) is 33.0 Å². The molecule has 3 aromatic carbocycles. The first-order chi connectivity index (χ1) is 26.0. The normalized spacial score (nSPS) is 23.7. The molecule has 1 saturated carbocycles. The van der Waals surface area contributed by atoms with Crippen LogP contribution in [0, 0.1) is 23.6 Å². The van der Waals surface area contributed by atoms with Crippen LogP contribution in [-0.4, -0.2) is 93.7 Å². The molecule has 54 heavy (non-hydrogen) atoms. The average molecular weight is 758 g/mol. The van der Waals surface area contributed by atoms with Crippen LogP contribution in [0.3, 0.4) is 0 Å². The number of carboxylic acid groups (broad SMARTS) is 1. The molecule has 1 unspecified atom stereocenters. The summed E-state index contributed by atoms with van der Waals surface area (Å²) in [6.07, 6.45) is 7.04. The van der Waals surface area contributed by atoms with Crippen LogP contribution in [0.4, 0.5) is 20.6 Å². The monoisotopic (exact) mass is 757 g/mol. The highest BCUT2D eigenvalue weighted by Crippen LogP contribution is 2.51. The molecule has 4 aliphatic rings. The van der Waals surface area contributed by atoms with Crippen LogP contribution in [0.2, 0.25) is 0 Å². The molecule has 3 aromatic rings. The van der Waals surface area contributed by atoms with Crippen LogP contribution in [0.25, 0.3) is 0 Å². The number of benzene rings is 3. The predicted molar refractivity (Wildman–Crippen MR) is 208 cm³/mol. The van der Waals surface area contributed by atoms with Gasteiger partial charge >= 0.3 is 6.09 Å². The molecule has 0 spiro atoms. The Kier molecular flexibility index (Phi) is 11.4. The van der Waals surface area contributed by atoms with Crippen LogP contribution < -0.4 is 15.5 Å². The molecular weight excluding hydrogens is 706 g/mol. The number of carbonyl (C=O) groups is 2. The Bertz CT molecular complexity index is 1930. The largest absolute Gasteiger partial charge is 0.465 e. The van der Waals surface area contributed by atoms with E-state index in [1.165, 1.54) is 18.2 Å². The molecule has 4 fully saturated rings. The van der Waals surface area contributed by atoms with Gasteiger partial charge in [0.15, 0.2) is 0 Å². The number of sulfone groups is 1. The molecule has 0 radical (unpaired) electrons. The smallest absolute Gasteiger partial charge is 0.404 e. The summed E-state index contributed by atoms with van der Waals surface area (Å²) in [4.78, 5) is 31.4. The Labute approximate surface area is 318 Å². The van der Waals surface area contributed by atoms with E-state index in [0.29, 0.717) is 17.5 Å². The third-order valence-corrected chi connectivity index (χ3v) is 14.3. The van der Waals surface area contributed by atoms with Crippen LogP contribution >= 0.6 is 0 Å². The third kappa shape index (κ3) is 8.06. The van der Waals surface area contributed by atoms with Gasteiger partial charge in [-0.3, -0.25) is 4.79 Å². The number of hydrogen-bond acceptors (Lipinski definition) is 7. The summed E-state index contributed by atoms with van der Waals surface area (Å²) in [7, 11) is -3.78. The number of piperidine rings is 1. The number of rotatable bonds is 13. The van der Waals surface area contributed by atoms with Gasteiger partial charge in [-0.05, 0) is 149 Å². The molecule has 4 atom stereocenters. The molecule has 3 saturated heterocycles. The van der Waals surface area contributed by atoms with Gasteiger partial charge in [-0.2, -0.15) is 0 Å². The van der Waals surface area contributed by atoms with Crippen molar-refractivity contribution in [2.45, 2.75) is 66.2 Å². The van der Waals surface area contributed by atoms with Crippen molar-refractivity contribution in [3.8, 4) is 0 Å². The molecule has 2 amide bonds.